The van der Waals surface area contributed by atoms with Crippen molar-refractivity contribution < 1.29 is 22.9 Å². The van der Waals surface area contributed by atoms with E-state index in [9.17, 15) is 23.3 Å². The number of esters is 1. The van der Waals surface area contributed by atoms with Crippen LogP contribution in [0, 0.1) is 29.9 Å². The van der Waals surface area contributed by atoms with Crippen molar-refractivity contribution >= 4 is 21.7 Å². The molecule has 0 bridgehead atoms. The average Bonchev–Trinajstić information content (AvgIpc) is 2.66. The molecule has 1 atom stereocenters. The Morgan fingerprint density at radius 3 is 2.24 bits per heavy atom. The summed E-state index contributed by atoms with van der Waals surface area (Å²) in [7, 11) is -3.91. The van der Waals surface area contributed by atoms with Gasteiger partial charge in [-0.1, -0.05) is 19.9 Å². The van der Waals surface area contributed by atoms with Crippen LogP contribution in [0.4, 0.5) is 5.69 Å². The summed E-state index contributed by atoms with van der Waals surface area (Å²) >= 11 is 0. The Morgan fingerprint density at radius 1 is 1.10 bits per heavy atom. The lowest BCUT2D eigenvalue weighted by Gasteiger charge is -2.21. The minimum atomic E-state index is -3.91. The van der Waals surface area contributed by atoms with Crippen molar-refractivity contribution in [2.24, 2.45) is 5.92 Å². The number of non-ortho nitro benzene ring substituents is 1. The van der Waals surface area contributed by atoms with Crippen LogP contribution in [0.2, 0.25) is 0 Å². The van der Waals surface area contributed by atoms with Crippen LogP contribution < -0.4 is 4.72 Å². The van der Waals surface area contributed by atoms with Gasteiger partial charge in [-0.3, -0.25) is 14.9 Å². The first kappa shape index (κ1) is 22.5. The number of carbonyl (C=O) groups is 1. The first-order chi connectivity index (χ1) is 13.5. The Bertz CT molecular complexity index is 1000. The Balaban J connectivity index is 2.10. The Morgan fingerprint density at radius 2 is 1.72 bits per heavy atom. The largest absolute Gasteiger partial charge is 0.460 e. The van der Waals surface area contributed by atoms with Crippen molar-refractivity contribution in [2.75, 3.05) is 0 Å². The van der Waals surface area contributed by atoms with E-state index in [0.29, 0.717) is 5.56 Å². The smallest absolute Gasteiger partial charge is 0.324 e. The highest BCUT2D eigenvalue weighted by Gasteiger charge is 2.30. The van der Waals surface area contributed by atoms with Gasteiger partial charge in [0, 0.05) is 12.1 Å². The van der Waals surface area contributed by atoms with Crippen LogP contribution in [0.25, 0.3) is 0 Å². The topological polar surface area (TPSA) is 116 Å². The minimum Gasteiger partial charge on any atom is -0.460 e. The molecule has 0 aliphatic heterocycles. The van der Waals surface area contributed by atoms with Crippen molar-refractivity contribution in [1.82, 2.24) is 4.72 Å². The summed E-state index contributed by atoms with van der Waals surface area (Å²) < 4.78 is 33.1. The van der Waals surface area contributed by atoms with Gasteiger partial charge in [-0.25, -0.2) is 8.42 Å². The summed E-state index contributed by atoms with van der Waals surface area (Å²) in [6, 6.07) is 9.27. The molecule has 2 aromatic rings. The molecule has 0 heterocycles. The first-order valence-corrected chi connectivity index (χ1v) is 10.5. The zero-order valence-corrected chi connectivity index (χ0v) is 17.5. The Hall–Kier alpha value is -2.78. The second-order valence-corrected chi connectivity index (χ2v) is 8.83. The van der Waals surface area contributed by atoms with E-state index >= 15 is 0 Å². The SMILES string of the molecule is Cc1ccc(S(=O)(=O)N[C@H](C(=O)OCc2ccc([N+](=O)[O-])cc2)C(C)C)cc1C. The number of aryl methyl sites for hydroxylation is 2. The summed E-state index contributed by atoms with van der Waals surface area (Å²) in [5.74, 6) is -1.06. The van der Waals surface area contributed by atoms with Crippen LogP contribution in [0.1, 0.15) is 30.5 Å². The van der Waals surface area contributed by atoms with E-state index in [4.69, 9.17) is 4.74 Å². The first-order valence-electron chi connectivity index (χ1n) is 9.01. The van der Waals surface area contributed by atoms with Gasteiger partial charge in [0.25, 0.3) is 5.69 Å². The molecular formula is C20H24N2O6S. The number of hydrogen-bond donors (Lipinski definition) is 1. The predicted molar refractivity (Wildman–Crippen MR) is 108 cm³/mol. The van der Waals surface area contributed by atoms with Gasteiger partial charge in [-0.2, -0.15) is 4.72 Å². The van der Waals surface area contributed by atoms with Crippen LogP contribution in [-0.2, 0) is 26.2 Å². The van der Waals surface area contributed by atoms with E-state index < -0.39 is 27.0 Å². The molecule has 0 saturated carbocycles. The molecule has 0 radical (unpaired) electrons. The van der Waals surface area contributed by atoms with E-state index in [1.807, 2.05) is 13.8 Å². The standard InChI is InChI=1S/C20H24N2O6S/c1-13(2)19(21-29(26,27)18-10-5-14(3)15(4)11-18)20(23)28-12-16-6-8-17(9-7-16)22(24)25/h5-11,13,19,21H,12H2,1-4H3/t19-/m0/s1. The van der Waals surface area contributed by atoms with Crippen molar-refractivity contribution in [3.63, 3.8) is 0 Å². The maximum atomic E-state index is 12.7. The predicted octanol–water partition coefficient (Wildman–Crippen LogP) is 3.26. The van der Waals surface area contributed by atoms with E-state index in [2.05, 4.69) is 4.72 Å². The maximum Gasteiger partial charge on any atom is 0.324 e. The van der Waals surface area contributed by atoms with Gasteiger partial charge < -0.3 is 4.74 Å². The zero-order chi connectivity index (χ0) is 21.8. The molecular weight excluding hydrogens is 396 g/mol. The third-order valence-corrected chi connectivity index (χ3v) is 5.96. The van der Waals surface area contributed by atoms with Gasteiger partial charge in [-0.15, -0.1) is 0 Å². The number of benzene rings is 2. The number of carbonyl (C=O) groups excluding carboxylic acids is 1. The number of sulfonamides is 1. The molecule has 0 unspecified atom stereocenters. The highest BCUT2D eigenvalue weighted by atomic mass is 32.2. The molecule has 0 aliphatic rings. The lowest BCUT2D eigenvalue weighted by molar-refractivity contribution is -0.384. The number of rotatable bonds is 8. The lowest BCUT2D eigenvalue weighted by atomic mass is 10.1. The molecule has 9 heteroatoms. The van der Waals surface area contributed by atoms with Gasteiger partial charge in [-0.05, 0) is 60.7 Å². The summed E-state index contributed by atoms with van der Waals surface area (Å²) in [5.41, 5.74) is 2.28. The molecule has 8 nitrogen and oxygen atoms in total. The van der Waals surface area contributed by atoms with Crippen LogP contribution in [0.5, 0.6) is 0 Å². The molecule has 0 aliphatic carbocycles. The molecule has 0 amide bonds. The lowest BCUT2D eigenvalue weighted by Crippen LogP contribution is -2.45. The zero-order valence-electron chi connectivity index (χ0n) is 16.7. The summed E-state index contributed by atoms with van der Waals surface area (Å²) in [6.07, 6.45) is 0. The van der Waals surface area contributed by atoms with Gasteiger partial charge in [0.1, 0.15) is 12.6 Å². The quantitative estimate of drug-likeness (QED) is 0.398. The molecule has 0 aromatic heterocycles. The molecule has 0 fully saturated rings. The van der Waals surface area contributed by atoms with Crippen molar-refractivity contribution in [2.45, 2.75) is 45.2 Å². The normalized spacial score (nSPS) is 12.6. The van der Waals surface area contributed by atoms with E-state index in [1.165, 1.54) is 30.3 Å². The third-order valence-electron chi connectivity index (χ3n) is 4.52. The number of nitro groups is 1. The fraction of sp³-hybridized carbons (Fsp3) is 0.350. The second kappa shape index (κ2) is 9.15. The summed E-state index contributed by atoms with van der Waals surface area (Å²) in [5, 5.41) is 10.7. The number of hydrogen-bond acceptors (Lipinski definition) is 6. The number of ether oxygens (including phenoxy) is 1. The van der Waals surface area contributed by atoms with E-state index in [0.717, 1.165) is 11.1 Å². The van der Waals surface area contributed by atoms with Crippen molar-refractivity contribution in [3.05, 3.63) is 69.3 Å². The van der Waals surface area contributed by atoms with Crippen molar-refractivity contribution in [3.8, 4) is 0 Å². The molecule has 29 heavy (non-hydrogen) atoms. The van der Waals surface area contributed by atoms with Gasteiger partial charge in [0.05, 0.1) is 9.82 Å². The molecule has 2 rings (SSSR count). The molecule has 0 saturated heterocycles. The fourth-order valence-electron chi connectivity index (χ4n) is 2.53. The summed E-state index contributed by atoms with van der Waals surface area (Å²) in [6.45, 7) is 6.99. The summed E-state index contributed by atoms with van der Waals surface area (Å²) in [4.78, 5) is 22.7. The number of nitro benzene ring substituents is 1. The molecule has 1 N–H and O–H groups in total. The van der Waals surface area contributed by atoms with Crippen molar-refractivity contribution in [1.29, 1.82) is 0 Å². The van der Waals surface area contributed by atoms with Crippen LogP contribution in [0.15, 0.2) is 47.4 Å². The van der Waals surface area contributed by atoms with Crippen LogP contribution in [0.3, 0.4) is 0 Å². The van der Waals surface area contributed by atoms with E-state index in [1.54, 1.807) is 26.0 Å². The second-order valence-electron chi connectivity index (χ2n) is 7.12. The Labute approximate surface area is 170 Å². The van der Waals surface area contributed by atoms with E-state index in [-0.39, 0.29) is 23.1 Å². The Kier molecular flexibility index (Phi) is 7.10. The van der Waals surface area contributed by atoms with Gasteiger partial charge >= 0.3 is 5.97 Å². The van der Waals surface area contributed by atoms with Gasteiger partial charge in [0.2, 0.25) is 10.0 Å². The van der Waals surface area contributed by atoms with Gasteiger partial charge in [0.15, 0.2) is 0 Å². The highest BCUT2D eigenvalue weighted by molar-refractivity contribution is 7.89. The average molecular weight is 420 g/mol. The number of nitrogens with zero attached hydrogens (tertiary/aromatic N) is 1. The monoisotopic (exact) mass is 420 g/mol. The molecule has 156 valence electrons. The van der Waals surface area contributed by atoms with Crippen LogP contribution >= 0.6 is 0 Å². The third kappa shape index (κ3) is 5.85. The van der Waals surface area contributed by atoms with Crippen LogP contribution in [-0.4, -0.2) is 25.4 Å². The minimum absolute atomic E-state index is 0.0683. The fourth-order valence-corrected chi connectivity index (χ4v) is 3.95. The molecule has 2 aromatic carbocycles. The molecule has 0 spiro atoms. The number of nitrogens with one attached hydrogen (secondary N) is 1. The highest BCUT2D eigenvalue weighted by Crippen LogP contribution is 2.17. The maximum absolute atomic E-state index is 12.7.